The minimum Gasteiger partial charge on any atom is -0.387 e. The Labute approximate surface area is 141 Å². The molecule has 126 valence electrons. The van der Waals surface area contributed by atoms with Crippen molar-refractivity contribution in [2.24, 2.45) is 0 Å². The summed E-state index contributed by atoms with van der Waals surface area (Å²) < 4.78 is 0. The van der Waals surface area contributed by atoms with Crippen LogP contribution in [0.5, 0.6) is 0 Å². The van der Waals surface area contributed by atoms with Crippen molar-refractivity contribution in [3.8, 4) is 0 Å². The van der Waals surface area contributed by atoms with Gasteiger partial charge in [-0.1, -0.05) is 44.2 Å². The van der Waals surface area contributed by atoms with E-state index in [-0.39, 0.29) is 22.6 Å². The predicted octanol–water partition coefficient (Wildman–Crippen LogP) is 3.34. The molecule has 0 aliphatic carbocycles. The summed E-state index contributed by atoms with van der Waals surface area (Å²) in [6, 6.07) is 14.1. The van der Waals surface area contributed by atoms with Crippen LogP contribution < -0.4 is 10.6 Å². The second kappa shape index (κ2) is 7.12. The zero-order chi connectivity index (χ0) is 17.7. The smallest absolute Gasteiger partial charge is 0.270 e. The van der Waals surface area contributed by atoms with E-state index < -0.39 is 4.92 Å². The molecule has 2 aromatic rings. The van der Waals surface area contributed by atoms with Gasteiger partial charge in [-0.05, 0) is 11.6 Å². The second-order valence-corrected chi connectivity index (χ2v) is 6.17. The van der Waals surface area contributed by atoms with Gasteiger partial charge < -0.3 is 10.6 Å². The molecule has 0 heterocycles. The van der Waals surface area contributed by atoms with E-state index in [1.165, 1.54) is 18.2 Å². The van der Waals surface area contributed by atoms with E-state index in [0.717, 1.165) is 5.56 Å². The van der Waals surface area contributed by atoms with E-state index in [2.05, 4.69) is 10.6 Å². The largest absolute Gasteiger partial charge is 0.387 e. The fraction of sp³-hybridized carbons (Fsp3) is 0.278. The van der Waals surface area contributed by atoms with Gasteiger partial charge in [-0.3, -0.25) is 14.9 Å². The highest BCUT2D eigenvalue weighted by atomic mass is 16.6. The van der Waals surface area contributed by atoms with Gasteiger partial charge in [0, 0.05) is 36.8 Å². The molecule has 0 fully saturated rings. The summed E-state index contributed by atoms with van der Waals surface area (Å²) in [6.45, 7) is 4.49. The highest BCUT2D eigenvalue weighted by Gasteiger charge is 2.23. The summed E-state index contributed by atoms with van der Waals surface area (Å²) in [5.74, 6) is -0.341. The number of rotatable bonds is 6. The van der Waals surface area contributed by atoms with E-state index in [1.54, 1.807) is 7.05 Å². The van der Waals surface area contributed by atoms with Crippen LogP contribution in [0.3, 0.4) is 0 Å². The van der Waals surface area contributed by atoms with Crippen molar-refractivity contribution in [3.63, 3.8) is 0 Å². The molecule has 0 radical (unpaired) electrons. The number of nitrogens with one attached hydrogen (secondary N) is 2. The third-order valence-electron chi connectivity index (χ3n) is 3.97. The molecule has 0 spiro atoms. The topological polar surface area (TPSA) is 84.3 Å². The molecule has 0 unspecified atom stereocenters. The Kier molecular flexibility index (Phi) is 5.18. The highest BCUT2D eigenvalue weighted by Crippen LogP contribution is 2.24. The Balaban J connectivity index is 2.18. The summed E-state index contributed by atoms with van der Waals surface area (Å²) in [7, 11) is 1.67. The standard InChI is InChI=1S/C18H21N3O3/c1-18(2,13-7-5-4-6-8-13)12-20-17(22)15-11-14(21(23)24)9-10-16(15)19-3/h4-11,19H,12H2,1-3H3,(H,20,22). The highest BCUT2D eigenvalue weighted by molar-refractivity contribution is 6.00. The molecule has 2 N–H and O–H groups in total. The molecule has 24 heavy (non-hydrogen) atoms. The second-order valence-electron chi connectivity index (χ2n) is 6.17. The number of non-ortho nitro benzene ring substituents is 1. The summed E-state index contributed by atoms with van der Waals surface area (Å²) in [5, 5.41) is 16.7. The first-order valence-electron chi connectivity index (χ1n) is 7.65. The zero-order valence-corrected chi connectivity index (χ0v) is 14.0. The first-order chi connectivity index (χ1) is 11.3. The van der Waals surface area contributed by atoms with Crippen LogP contribution in [0.2, 0.25) is 0 Å². The Morgan fingerprint density at radius 3 is 2.42 bits per heavy atom. The number of benzene rings is 2. The van der Waals surface area contributed by atoms with Crippen molar-refractivity contribution < 1.29 is 9.72 Å². The molecule has 0 bridgehead atoms. The van der Waals surface area contributed by atoms with Gasteiger partial charge in [-0.25, -0.2) is 0 Å². The fourth-order valence-corrected chi connectivity index (χ4v) is 2.44. The number of nitrogens with zero attached hydrogens (tertiary/aromatic N) is 1. The Hall–Kier alpha value is -2.89. The number of hydrogen-bond acceptors (Lipinski definition) is 4. The average Bonchev–Trinajstić information content (AvgIpc) is 2.59. The van der Waals surface area contributed by atoms with E-state index in [9.17, 15) is 14.9 Å². The molecule has 0 saturated heterocycles. The van der Waals surface area contributed by atoms with Gasteiger partial charge in [-0.15, -0.1) is 0 Å². The molecular formula is C18H21N3O3. The molecule has 0 saturated carbocycles. The Morgan fingerprint density at radius 2 is 1.83 bits per heavy atom. The van der Waals surface area contributed by atoms with Crippen molar-refractivity contribution in [2.75, 3.05) is 18.9 Å². The van der Waals surface area contributed by atoms with Gasteiger partial charge in [0.1, 0.15) is 0 Å². The molecular weight excluding hydrogens is 306 g/mol. The summed E-state index contributed by atoms with van der Waals surface area (Å²) in [5.41, 5.74) is 1.56. The molecule has 2 aromatic carbocycles. The first kappa shape index (κ1) is 17.5. The molecule has 0 atom stereocenters. The maximum absolute atomic E-state index is 12.5. The lowest BCUT2D eigenvalue weighted by Crippen LogP contribution is -2.36. The third kappa shape index (κ3) is 3.90. The van der Waals surface area contributed by atoms with E-state index >= 15 is 0 Å². The molecule has 0 aliphatic heterocycles. The molecule has 0 aromatic heterocycles. The van der Waals surface area contributed by atoms with Crippen LogP contribution in [0.1, 0.15) is 29.8 Å². The van der Waals surface area contributed by atoms with Gasteiger partial charge in [0.2, 0.25) is 0 Å². The normalized spacial score (nSPS) is 11.0. The first-order valence-corrected chi connectivity index (χ1v) is 7.65. The lowest BCUT2D eigenvalue weighted by Gasteiger charge is -2.25. The minimum absolute atomic E-state index is 0.110. The van der Waals surface area contributed by atoms with Crippen molar-refractivity contribution >= 4 is 17.3 Å². The maximum atomic E-state index is 12.5. The average molecular weight is 327 g/mol. The Morgan fingerprint density at radius 1 is 1.17 bits per heavy atom. The molecule has 2 rings (SSSR count). The number of nitro benzene ring substituents is 1. The molecule has 6 heteroatoms. The zero-order valence-electron chi connectivity index (χ0n) is 14.0. The van der Waals surface area contributed by atoms with Crippen LogP contribution in [0.25, 0.3) is 0 Å². The number of carbonyl (C=O) groups excluding carboxylic acids is 1. The SMILES string of the molecule is CNc1ccc([N+](=O)[O-])cc1C(=O)NCC(C)(C)c1ccccc1. The maximum Gasteiger partial charge on any atom is 0.270 e. The van der Waals surface area contributed by atoms with Gasteiger partial charge in [0.15, 0.2) is 0 Å². The molecule has 6 nitrogen and oxygen atoms in total. The molecule has 0 aliphatic rings. The minimum atomic E-state index is -0.510. The number of hydrogen-bond donors (Lipinski definition) is 2. The van der Waals surface area contributed by atoms with Crippen LogP contribution >= 0.6 is 0 Å². The third-order valence-corrected chi connectivity index (χ3v) is 3.97. The van der Waals surface area contributed by atoms with Gasteiger partial charge >= 0.3 is 0 Å². The van der Waals surface area contributed by atoms with Gasteiger partial charge in [0.05, 0.1) is 10.5 Å². The van der Waals surface area contributed by atoms with Crippen molar-refractivity contribution in [1.29, 1.82) is 0 Å². The molecule has 1 amide bonds. The van der Waals surface area contributed by atoms with Crippen molar-refractivity contribution in [3.05, 3.63) is 69.8 Å². The van der Waals surface area contributed by atoms with E-state index in [1.807, 2.05) is 44.2 Å². The summed E-state index contributed by atoms with van der Waals surface area (Å²) in [6.07, 6.45) is 0. The van der Waals surface area contributed by atoms with Crippen molar-refractivity contribution in [1.82, 2.24) is 5.32 Å². The summed E-state index contributed by atoms with van der Waals surface area (Å²) in [4.78, 5) is 22.9. The van der Waals surface area contributed by atoms with E-state index in [0.29, 0.717) is 12.2 Å². The Bertz CT molecular complexity index is 742. The van der Waals surface area contributed by atoms with Crippen molar-refractivity contribution in [2.45, 2.75) is 19.3 Å². The lowest BCUT2D eigenvalue weighted by molar-refractivity contribution is -0.384. The number of carbonyl (C=O) groups is 1. The fourth-order valence-electron chi connectivity index (χ4n) is 2.44. The number of amides is 1. The summed E-state index contributed by atoms with van der Waals surface area (Å²) >= 11 is 0. The van der Waals surface area contributed by atoms with Gasteiger partial charge in [0.25, 0.3) is 11.6 Å². The van der Waals surface area contributed by atoms with E-state index in [4.69, 9.17) is 0 Å². The van der Waals surface area contributed by atoms with Crippen LogP contribution in [-0.2, 0) is 5.41 Å². The van der Waals surface area contributed by atoms with Gasteiger partial charge in [-0.2, -0.15) is 0 Å². The number of anilines is 1. The van der Waals surface area contributed by atoms with Crippen LogP contribution in [0.15, 0.2) is 48.5 Å². The predicted molar refractivity (Wildman–Crippen MR) is 94.4 cm³/mol. The lowest BCUT2D eigenvalue weighted by atomic mass is 9.84. The number of nitro groups is 1. The van der Waals surface area contributed by atoms with Crippen LogP contribution in [0.4, 0.5) is 11.4 Å². The quantitative estimate of drug-likeness (QED) is 0.629. The van der Waals surface area contributed by atoms with Crippen LogP contribution in [-0.4, -0.2) is 24.4 Å². The monoisotopic (exact) mass is 327 g/mol. The van der Waals surface area contributed by atoms with Crippen LogP contribution in [0, 0.1) is 10.1 Å².